The summed E-state index contributed by atoms with van der Waals surface area (Å²) >= 11 is 5.85. The lowest BCUT2D eigenvalue weighted by atomic mass is 9.96. The maximum absolute atomic E-state index is 12.5. The van der Waals surface area contributed by atoms with E-state index in [2.05, 4.69) is 10.6 Å². The Labute approximate surface area is 154 Å². The first-order valence-electron chi connectivity index (χ1n) is 8.15. The number of piperidine rings is 1. The van der Waals surface area contributed by atoms with Crippen LogP contribution in [-0.2, 0) is 4.79 Å². The monoisotopic (exact) mass is 373 g/mol. The van der Waals surface area contributed by atoms with Gasteiger partial charge in [-0.1, -0.05) is 18.5 Å². The van der Waals surface area contributed by atoms with Crippen LogP contribution in [0.1, 0.15) is 30.1 Å². The molecule has 2 N–H and O–H groups in total. The van der Waals surface area contributed by atoms with Crippen molar-refractivity contribution >= 4 is 35.8 Å². The van der Waals surface area contributed by atoms with Crippen LogP contribution >= 0.6 is 24.0 Å². The first-order chi connectivity index (χ1) is 11.1. The predicted molar refractivity (Wildman–Crippen MR) is 98.9 cm³/mol. The molecule has 1 aromatic carbocycles. The maximum atomic E-state index is 12.5. The Morgan fingerprint density at radius 2 is 1.96 bits per heavy atom. The molecule has 2 amide bonds. The molecule has 0 aromatic heterocycles. The molecule has 7 heteroatoms. The molecule has 1 atom stereocenters. The quantitative estimate of drug-likeness (QED) is 0.752. The molecule has 0 aliphatic carbocycles. The van der Waals surface area contributed by atoms with E-state index < -0.39 is 0 Å². The van der Waals surface area contributed by atoms with Crippen LogP contribution in [0.15, 0.2) is 24.3 Å². The minimum absolute atomic E-state index is 0. The Balaban J connectivity index is 0.00000288. The zero-order chi connectivity index (χ0) is 16.7. The van der Waals surface area contributed by atoms with Gasteiger partial charge in [-0.25, -0.2) is 0 Å². The van der Waals surface area contributed by atoms with Crippen LogP contribution in [0.2, 0.25) is 5.02 Å². The number of likely N-dealkylation sites (tertiary alicyclic amines) is 1. The molecule has 2 rings (SSSR count). The third-order valence-corrected chi connectivity index (χ3v) is 4.27. The lowest BCUT2D eigenvalue weighted by Crippen LogP contribution is -2.46. The van der Waals surface area contributed by atoms with Gasteiger partial charge in [-0.3, -0.25) is 9.59 Å². The molecule has 0 radical (unpaired) electrons. The van der Waals surface area contributed by atoms with Crippen LogP contribution in [0.3, 0.4) is 0 Å². The van der Waals surface area contributed by atoms with Gasteiger partial charge in [0.15, 0.2) is 0 Å². The second-order valence-corrected chi connectivity index (χ2v) is 6.18. The summed E-state index contributed by atoms with van der Waals surface area (Å²) in [5.41, 5.74) is 0.614. The topological polar surface area (TPSA) is 61.4 Å². The van der Waals surface area contributed by atoms with Gasteiger partial charge in [-0.05, 0) is 43.7 Å². The van der Waals surface area contributed by atoms with E-state index in [1.165, 1.54) is 0 Å². The zero-order valence-electron chi connectivity index (χ0n) is 13.9. The van der Waals surface area contributed by atoms with Gasteiger partial charge in [0.2, 0.25) is 5.91 Å². The fourth-order valence-electron chi connectivity index (χ4n) is 2.75. The van der Waals surface area contributed by atoms with Gasteiger partial charge in [0.25, 0.3) is 5.91 Å². The minimum atomic E-state index is -0.123. The number of likely N-dealkylation sites (N-methyl/N-ethyl adjacent to an activating group) is 1. The van der Waals surface area contributed by atoms with Crippen molar-refractivity contribution < 1.29 is 9.59 Å². The summed E-state index contributed by atoms with van der Waals surface area (Å²) < 4.78 is 0. The van der Waals surface area contributed by atoms with E-state index in [0.29, 0.717) is 30.2 Å². The highest BCUT2D eigenvalue weighted by Gasteiger charge is 2.28. The molecule has 134 valence electrons. The zero-order valence-corrected chi connectivity index (χ0v) is 15.5. The van der Waals surface area contributed by atoms with E-state index in [1.54, 1.807) is 29.2 Å². The first kappa shape index (κ1) is 20.7. The fraction of sp³-hybridized carbons (Fsp3) is 0.529. The summed E-state index contributed by atoms with van der Waals surface area (Å²) in [5, 5.41) is 6.72. The number of nitrogens with zero attached hydrogens (tertiary/aromatic N) is 1. The third-order valence-electron chi connectivity index (χ3n) is 4.02. The largest absolute Gasteiger partial charge is 0.355 e. The van der Waals surface area contributed by atoms with Crippen molar-refractivity contribution in [3.8, 4) is 0 Å². The number of carbonyl (C=O) groups excluding carboxylic acids is 2. The van der Waals surface area contributed by atoms with Crippen LogP contribution < -0.4 is 10.6 Å². The average Bonchev–Trinajstić information content (AvgIpc) is 2.59. The summed E-state index contributed by atoms with van der Waals surface area (Å²) in [4.78, 5) is 26.5. The Morgan fingerprint density at radius 1 is 1.25 bits per heavy atom. The highest BCUT2D eigenvalue weighted by molar-refractivity contribution is 6.30. The Hall–Kier alpha value is -1.30. The average molecular weight is 374 g/mol. The second kappa shape index (κ2) is 10.5. The molecule has 0 bridgehead atoms. The molecule has 1 aliphatic heterocycles. The number of hydrogen-bond donors (Lipinski definition) is 2. The maximum Gasteiger partial charge on any atom is 0.253 e. The molecule has 1 fully saturated rings. The molecular weight excluding hydrogens is 349 g/mol. The molecule has 24 heavy (non-hydrogen) atoms. The molecule has 1 unspecified atom stereocenters. The van der Waals surface area contributed by atoms with Gasteiger partial charge >= 0.3 is 0 Å². The lowest BCUT2D eigenvalue weighted by Gasteiger charge is -2.32. The number of nitrogens with one attached hydrogen (secondary N) is 2. The number of halogens is 2. The van der Waals surface area contributed by atoms with Crippen molar-refractivity contribution in [1.82, 2.24) is 15.5 Å². The van der Waals surface area contributed by atoms with Crippen molar-refractivity contribution in [3.63, 3.8) is 0 Å². The Kier molecular flexibility index (Phi) is 9.11. The molecular formula is C17H25Cl2N3O2. The summed E-state index contributed by atoms with van der Waals surface area (Å²) in [7, 11) is 0. The van der Waals surface area contributed by atoms with E-state index in [1.807, 2.05) is 6.92 Å². The van der Waals surface area contributed by atoms with Crippen LogP contribution in [0.25, 0.3) is 0 Å². The van der Waals surface area contributed by atoms with E-state index in [0.717, 1.165) is 25.9 Å². The SMILES string of the molecule is CCNCCNC(=O)C1CCCN(C(=O)c2ccc(Cl)cc2)C1.Cl. The summed E-state index contributed by atoms with van der Waals surface area (Å²) in [6, 6.07) is 6.88. The fourth-order valence-corrected chi connectivity index (χ4v) is 2.87. The molecule has 1 heterocycles. The normalized spacial score (nSPS) is 17.1. The summed E-state index contributed by atoms with van der Waals surface area (Å²) in [5.74, 6) is -0.120. The first-order valence-corrected chi connectivity index (χ1v) is 8.53. The Bertz CT molecular complexity index is 537. The van der Waals surface area contributed by atoms with Crippen molar-refractivity contribution in [3.05, 3.63) is 34.9 Å². The van der Waals surface area contributed by atoms with Gasteiger partial charge in [-0.15, -0.1) is 12.4 Å². The van der Waals surface area contributed by atoms with E-state index in [9.17, 15) is 9.59 Å². The molecule has 1 aromatic rings. The number of benzene rings is 1. The van der Waals surface area contributed by atoms with Gasteiger partial charge in [0.05, 0.1) is 5.92 Å². The molecule has 1 saturated heterocycles. The van der Waals surface area contributed by atoms with Crippen molar-refractivity contribution in [2.24, 2.45) is 5.92 Å². The van der Waals surface area contributed by atoms with Crippen molar-refractivity contribution in [2.75, 3.05) is 32.7 Å². The standard InChI is InChI=1S/C17H24ClN3O2.ClH/c1-2-19-9-10-20-16(22)14-4-3-11-21(12-14)17(23)13-5-7-15(18)8-6-13;/h5-8,14,19H,2-4,9-12H2,1H3,(H,20,22);1H. The number of carbonyl (C=O) groups is 2. The summed E-state index contributed by atoms with van der Waals surface area (Å²) in [6.07, 6.45) is 1.68. The van der Waals surface area contributed by atoms with Crippen molar-refractivity contribution in [1.29, 1.82) is 0 Å². The predicted octanol–water partition coefficient (Wildman–Crippen LogP) is 2.34. The van der Waals surface area contributed by atoms with Crippen LogP contribution in [0.4, 0.5) is 0 Å². The smallest absolute Gasteiger partial charge is 0.253 e. The van der Waals surface area contributed by atoms with E-state index >= 15 is 0 Å². The van der Waals surface area contributed by atoms with Gasteiger partial charge in [0.1, 0.15) is 0 Å². The highest BCUT2D eigenvalue weighted by atomic mass is 35.5. The highest BCUT2D eigenvalue weighted by Crippen LogP contribution is 2.19. The third kappa shape index (κ3) is 5.96. The molecule has 5 nitrogen and oxygen atoms in total. The van der Waals surface area contributed by atoms with Crippen LogP contribution in [0, 0.1) is 5.92 Å². The minimum Gasteiger partial charge on any atom is -0.355 e. The van der Waals surface area contributed by atoms with Crippen LogP contribution in [0.5, 0.6) is 0 Å². The summed E-state index contributed by atoms with van der Waals surface area (Å²) in [6.45, 7) is 5.49. The molecule has 0 spiro atoms. The number of rotatable bonds is 6. The van der Waals surface area contributed by atoms with Crippen LogP contribution in [-0.4, -0.2) is 49.4 Å². The van der Waals surface area contributed by atoms with Crippen molar-refractivity contribution in [2.45, 2.75) is 19.8 Å². The van der Waals surface area contributed by atoms with Gasteiger partial charge in [0, 0.05) is 36.8 Å². The number of hydrogen-bond acceptors (Lipinski definition) is 3. The van der Waals surface area contributed by atoms with E-state index in [4.69, 9.17) is 11.6 Å². The van der Waals surface area contributed by atoms with Gasteiger partial charge in [-0.2, -0.15) is 0 Å². The number of amides is 2. The van der Waals surface area contributed by atoms with Gasteiger partial charge < -0.3 is 15.5 Å². The second-order valence-electron chi connectivity index (χ2n) is 5.74. The Morgan fingerprint density at radius 3 is 2.62 bits per heavy atom. The van der Waals surface area contributed by atoms with E-state index in [-0.39, 0.29) is 30.1 Å². The molecule has 0 saturated carbocycles. The molecule has 1 aliphatic rings. The lowest BCUT2D eigenvalue weighted by molar-refractivity contribution is -0.126.